The van der Waals surface area contributed by atoms with Crippen molar-refractivity contribution in [1.82, 2.24) is 14.9 Å². The van der Waals surface area contributed by atoms with Crippen molar-refractivity contribution < 1.29 is 0 Å². The molecule has 0 saturated carbocycles. The molecule has 3 aromatic rings. The highest BCUT2D eigenvalue weighted by molar-refractivity contribution is 7.80. The van der Waals surface area contributed by atoms with Gasteiger partial charge in [0.15, 0.2) is 5.11 Å². The van der Waals surface area contributed by atoms with E-state index in [0.29, 0.717) is 0 Å². The van der Waals surface area contributed by atoms with Gasteiger partial charge in [0.1, 0.15) is 0 Å². The third-order valence-electron chi connectivity index (χ3n) is 5.38. The fraction of sp³-hybridized carbons (Fsp3) is 0.273. The number of hydrogen-bond donors (Lipinski definition) is 1. The number of rotatable bonds is 4. The minimum Gasteiger partial charge on any atom is -0.351 e. The molecule has 2 atom stereocenters. The first kappa shape index (κ1) is 17.7. The Morgan fingerprint density at radius 1 is 1.07 bits per heavy atom. The maximum absolute atomic E-state index is 5.77. The molecule has 1 saturated heterocycles. The van der Waals surface area contributed by atoms with Crippen molar-refractivity contribution in [3.05, 3.63) is 83.4 Å². The molecule has 3 heterocycles. The van der Waals surface area contributed by atoms with Crippen LogP contribution in [-0.2, 0) is 6.54 Å². The minimum absolute atomic E-state index is 0.00436. The lowest BCUT2D eigenvalue weighted by molar-refractivity contribution is 0.563. The van der Waals surface area contributed by atoms with Gasteiger partial charge >= 0.3 is 0 Å². The molecule has 4 nitrogen and oxygen atoms in total. The van der Waals surface area contributed by atoms with Crippen LogP contribution in [0.2, 0.25) is 0 Å². The summed E-state index contributed by atoms with van der Waals surface area (Å²) in [5.74, 6) is 0. The van der Waals surface area contributed by atoms with Crippen molar-refractivity contribution in [2.24, 2.45) is 0 Å². The Hall–Kier alpha value is -2.66. The summed E-state index contributed by atoms with van der Waals surface area (Å²) in [6, 6.07) is 18.8. The van der Waals surface area contributed by atoms with Crippen LogP contribution in [0, 0.1) is 13.8 Å². The van der Waals surface area contributed by atoms with Gasteiger partial charge in [-0.15, -0.1) is 0 Å². The van der Waals surface area contributed by atoms with Gasteiger partial charge in [0.25, 0.3) is 0 Å². The lowest BCUT2D eigenvalue weighted by Crippen LogP contribution is -2.29. The molecule has 1 aliphatic heterocycles. The highest BCUT2D eigenvalue weighted by atomic mass is 32.1. The van der Waals surface area contributed by atoms with Crippen molar-refractivity contribution in [3.8, 4) is 0 Å². The Morgan fingerprint density at radius 2 is 1.81 bits per heavy atom. The molecular formula is C22H24N4S. The zero-order valence-corrected chi connectivity index (χ0v) is 16.7. The molecule has 1 aromatic carbocycles. The van der Waals surface area contributed by atoms with E-state index in [1.807, 2.05) is 24.4 Å². The molecule has 0 radical (unpaired) electrons. The zero-order chi connectivity index (χ0) is 19.0. The van der Waals surface area contributed by atoms with Crippen molar-refractivity contribution >= 4 is 23.0 Å². The largest absolute Gasteiger partial charge is 0.351 e. The van der Waals surface area contributed by atoms with Gasteiger partial charge in [-0.1, -0.05) is 24.3 Å². The van der Waals surface area contributed by atoms with E-state index in [1.54, 1.807) is 0 Å². The van der Waals surface area contributed by atoms with Crippen molar-refractivity contribution in [2.45, 2.75) is 39.4 Å². The van der Waals surface area contributed by atoms with Crippen LogP contribution in [0.25, 0.3) is 0 Å². The quantitative estimate of drug-likeness (QED) is 0.669. The van der Waals surface area contributed by atoms with E-state index >= 15 is 0 Å². The molecule has 138 valence electrons. The molecule has 0 aliphatic carbocycles. The summed E-state index contributed by atoms with van der Waals surface area (Å²) in [4.78, 5) is 6.86. The van der Waals surface area contributed by atoms with E-state index in [9.17, 15) is 0 Å². The maximum atomic E-state index is 5.77. The van der Waals surface area contributed by atoms with Crippen LogP contribution in [0.15, 0.2) is 60.8 Å². The molecule has 0 spiro atoms. The summed E-state index contributed by atoms with van der Waals surface area (Å²) in [6.07, 6.45) is 1.84. The number of pyridine rings is 1. The SMILES string of the molecule is CCn1c(C)cc([C@H]2[C@@H](c3ccccn3)NC(=S)N2c2ccccc2)c1C. The molecule has 4 rings (SSSR count). The summed E-state index contributed by atoms with van der Waals surface area (Å²) in [5, 5.41) is 4.27. The third-order valence-corrected chi connectivity index (χ3v) is 5.69. The first-order valence-corrected chi connectivity index (χ1v) is 9.75. The molecule has 0 bridgehead atoms. The van der Waals surface area contributed by atoms with Gasteiger partial charge in [-0.3, -0.25) is 4.98 Å². The summed E-state index contributed by atoms with van der Waals surface area (Å²) < 4.78 is 2.36. The fourth-order valence-electron chi connectivity index (χ4n) is 4.15. The van der Waals surface area contributed by atoms with Crippen LogP contribution in [0.5, 0.6) is 0 Å². The average molecular weight is 377 g/mol. The van der Waals surface area contributed by atoms with Gasteiger partial charge < -0.3 is 14.8 Å². The van der Waals surface area contributed by atoms with Crippen LogP contribution in [0.3, 0.4) is 0 Å². The number of para-hydroxylation sites is 1. The highest BCUT2D eigenvalue weighted by Gasteiger charge is 2.42. The van der Waals surface area contributed by atoms with Crippen molar-refractivity contribution in [3.63, 3.8) is 0 Å². The number of thiocarbonyl (C=S) groups is 1. The smallest absolute Gasteiger partial charge is 0.174 e. The number of hydrogen-bond acceptors (Lipinski definition) is 2. The summed E-state index contributed by atoms with van der Waals surface area (Å²) in [5.41, 5.74) is 5.95. The molecule has 2 aromatic heterocycles. The van der Waals surface area contributed by atoms with Gasteiger partial charge in [-0.25, -0.2) is 0 Å². The topological polar surface area (TPSA) is 33.1 Å². The van der Waals surface area contributed by atoms with Crippen molar-refractivity contribution in [1.29, 1.82) is 0 Å². The predicted octanol–water partition coefficient (Wildman–Crippen LogP) is 4.70. The van der Waals surface area contributed by atoms with E-state index in [4.69, 9.17) is 12.2 Å². The second-order valence-corrected chi connectivity index (χ2v) is 7.29. The molecule has 1 N–H and O–H groups in total. The van der Waals surface area contributed by atoms with Gasteiger partial charge in [-0.05, 0) is 68.9 Å². The summed E-state index contributed by atoms with van der Waals surface area (Å²) in [6.45, 7) is 7.52. The number of aryl methyl sites for hydroxylation is 1. The van der Waals surface area contributed by atoms with Crippen LogP contribution in [0.1, 0.15) is 41.7 Å². The van der Waals surface area contributed by atoms with E-state index in [1.165, 1.54) is 17.0 Å². The zero-order valence-electron chi connectivity index (χ0n) is 15.9. The number of nitrogens with one attached hydrogen (secondary N) is 1. The Balaban J connectivity index is 1.88. The summed E-state index contributed by atoms with van der Waals surface area (Å²) >= 11 is 5.77. The van der Waals surface area contributed by atoms with Crippen LogP contribution in [0.4, 0.5) is 5.69 Å². The molecule has 5 heteroatoms. The molecule has 1 fully saturated rings. The van der Waals surface area contributed by atoms with Crippen LogP contribution in [-0.4, -0.2) is 14.7 Å². The Morgan fingerprint density at radius 3 is 2.44 bits per heavy atom. The van der Waals surface area contributed by atoms with Gasteiger partial charge in [0.05, 0.1) is 17.8 Å². The first-order valence-electron chi connectivity index (χ1n) is 9.34. The number of aromatic nitrogens is 2. The second-order valence-electron chi connectivity index (χ2n) is 6.90. The number of anilines is 1. The Kier molecular flexibility index (Phi) is 4.70. The van der Waals surface area contributed by atoms with E-state index in [-0.39, 0.29) is 12.1 Å². The van der Waals surface area contributed by atoms with Crippen molar-refractivity contribution in [2.75, 3.05) is 4.90 Å². The standard InChI is InChI=1S/C22H24N4S/c1-4-25-15(2)14-18(16(25)3)21-20(19-12-8-9-13-23-19)24-22(27)26(21)17-10-6-5-7-11-17/h5-14,20-21H,4H2,1-3H3,(H,24,27)/t20-,21+/m1/s1. The number of benzene rings is 1. The predicted molar refractivity (Wildman–Crippen MR) is 114 cm³/mol. The highest BCUT2D eigenvalue weighted by Crippen LogP contribution is 2.43. The van der Waals surface area contributed by atoms with E-state index < -0.39 is 0 Å². The Labute approximate surface area is 165 Å². The third kappa shape index (κ3) is 3.02. The van der Waals surface area contributed by atoms with E-state index in [2.05, 4.69) is 76.9 Å². The molecule has 0 amide bonds. The first-order chi connectivity index (χ1) is 13.1. The minimum atomic E-state index is 0.00436. The molecule has 27 heavy (non-hydrogen) atoms. The molecule has 1 aliphatic rings. The average Bonchev–Trinajstić information content (AvgIpc) is 3.18. The van der Waals surface area contributed by atoms with Gasteiger partial charge in [-0.2, -0.15) is 0 Å². The van der Waals surface area contributed by atoms with Crippen LogP contribution >= 0.6 is 12.2 Å². The van der Waals surface area contributed by atoms with Gasteiger partial charge in [0.2, 0.25) is 0 Å². The second kappa shape index (κ2) is 7.16. The molecular weight excluding hydrogens is 352 g/mol. The molecule has 0 unspecified atom stereocenters. The maximum Gasteiger partial charge on any atom is 0.174 e. The Bertz CT molecular complexity index is 949. The normalized spacial score (nSPS) is 19.4. The summed E-state index contributed by atoms with van der Waals surface area (Å²) in [7, 11) is 0. The fourth-order valence-corrected chi connectivity index (χ4v) is 4.50. The lowest BCUT2D eigenvalue weighted by Gasteiger charge is -2.28. The monoisotopic (exact) mass is 376 g/mol. The number of nitrogens with zero attached hydrogens (tertiary/aromatic N) is 3. The van der Waals surface area contributed by atoms with E-state index in [0.717, 1.165) is 23.0 Å². The lowest BCUT2D eigenvalue weighted by atomic mass is 9.96. The van der Waals surface area contributed by atoms with Gasteiger partial charge in [0, 0.05) is 29.8 Å². The van der Waals surface area contributed by atoms with Crippen LogP contribution < -0.4 is 10.2 Å².